The monoisotopic (exact) mass is 359 g/mol. The SMILES string of the molecule is COC(=O)CN1NC(c2ccccc2OC(F)(F)F)N(C2CC2)C1=O. The van der Waals surface area contributed by atoms with Crippen LogP contribution in [0.4, 0.5) is 18.0 Å². The number of hydrogen-bond acceptors (Lipinski definition) is 5. The Hall–Kier alpha value is -2.49. The predicted molar refractivity (Wildman–Crippen MR) is 78.0 cm³/mol. The van der Waals surface area contributed by atoms with Gasteiger partial charge in [-0.15, -0.1) is 13.2 Å². The van der Waals surface area contributed by atoms with Crippen molar-refractivity contribution in [3.8, 4) is 5.75 Å². The smallest absolute Gasteiger partial charge is 0.468 e. The molecular formula is C15H16F3N3O4. The predicted octanol–water partition coefficient (Wildman–Crippen LogP) is 2.16. The fourth-order valence-electron chi connectivity index (χ4n) is 2.68. The van der Waals surface area contributed by atoms with Crippen molar-refractivity contribution in [2.45, 2.75) is 31.4 Å². The highest BCUT2D eigenvalue weighted by Crippen LogP contribution is 2.40. The van der Waals surface area contributed by atoms with E-state index in [0.717, 1.165) is 17.9 Å². The lowest BCUT2D eigenvalue weighted by Crippen LogP contribution is -2.40. The number of alkyl halides is 3. The normalized spacial score (nSPS) is 20.8. The summed E-state index contributed by atoms with van der Waals surface area (Å²) in [4.78, 5) is 25.4. The van der Waals surface area contributed by atoms with Crippen LogP contribution in [0, 0.1) is 0 Å². The Balaban J connectivity index is 1.90. The molecule has 0 radical (unpaired) electrons. The van der Waals surface area contributed by atoms with Crippen LogP contribution < -0.4 is 10.2 Å². The molecule has 3 rings (SSSR count). The van der Waals surface area contributed by atoms with Crippen LogP contribution in [0.3, 0.4) is 0 Å². The Morgan fingerprint density at radius 3 is 2.60 bits per heavy atom. The van der Waals surface area contributed by atoms with Crippen molar-refractivity contribution in [1.29, 1.82) is 0 Å². The second-order valence-electron chi connectivity index (χ2n) is 5.70. The molecule has 1 saturated heterocycles. The zero-order valence-corrected chi connectivity index (χ0v) is 13.2. The Morgan fingerprint density at radius 1 is 1.32 bits per heavy atom. The summed E-state index contributed by atoms with van der Waals surface area (Å²) in [6.45, 7) is -0.350. The number of hydrogen-bond donors (Lipinski definition) is 1. The Labute approximate surface area is 141 Å². The lowest BCUT2D eigenvalue weighted by Gasteiger charge is -2.24. The number of carbonyl (C=O) groups is 2. The number of esters is 1. The summed E-state index contributed by atoms with van der Waals surface area (Å²) in [5.74, 6) is -1.04. The molecule has 1 heterocycles. The van der Waals surface area contributed by atoms with Crippen molar-refractivity contribution >= 4 is 12.0 Å². The minimum absolute atomic E-state index is 0.0911. The van der Waals surface area contributed by atoms with Crippen LogP contribution in [-0.4, -0.2) is 48.0 Å². The minimum Gasteiger partial charge on any atom is -0.468 e. The van der Waals surface area contributed by atoms with Gasteiger partial charge in [-0.25, -0.2) is 15.2 Å². The van der Waals surface area contributed by atoms with Crippen molar-refractivity contribution < 1.29 is 32.2 Å². The van der Waals surface area contributed by atoms with Crippen molar-refractivity contribution in [3.05, 3.63) is 29.8 Å². The quantitative estimate of drug-likeness (QED) is 0.816. The molecule has 1 N–H and O–H groups in total. The van der Waals surface area contributed by atoms with Gasteiger partial charge in [-0.05, 0) is 18.9 Å². The van der Waals surface area contributed by atoms with Gasteiger partial charge < -0.3 is 9.47 Å². The largest absolute Gasteiger partial charge is 0.573 e. The summed E-state index contributed by atoms with van der Waals surface area (Å²) in [7, 11) is 1.19. The van der Waals surface area contributed by atoms with E-state index in [1.165, 1.54) is 30.2 Å². The first-order valence-electron chi connectivity index (χ1n) is 7.57. The molecule has 2 fully saturated rings. The van der Waals surface area contributed by atoms with E-state index in [1.54, 1.807) is 6.07 Å². The van der Waals surface area contributed by atoms with Crippen LogP contribution in [0.25, 0.3) is 0 Å². The zero-order chi connectivity index (χ0) is 18.2. The molecule has 1 saturated carbocycles. The van der Waals surface area contributed by atoms with E-state index in [4.69, 9.17) is 0 Å². The maximum absolute atomic E-state index is 12.7. The van der Waals surface area contributed by atoms with Gasteiger partial charge in [0.2, 0.25) is 0 Å². The number of ether oxygens (including phenoxy) is 2. The van der Waals surface area contributed by atoms with E-state index >= 15 is 0 Å². The number of halogens is 3. The lowest BCUT2D eigenvalue weighted by atomic mass is 10.1. The van der Waals surface area contributed by atoms with Crippen LogP contribution in [0.15, 0.2) is 24.3 Å². The third kappa shape index (κ3) is 3.78. The number of methoxy groups -OCH3 is 1. The van der Waals surface area contributed by atoms with Crippen molar-refractivity contribution in [2.75, 3.05) is 13.7 Å². The molecule has 2 amide bonds. The van der Waals surface area contributed by atoms with Crippen LogP contribution in [0.1, 0.15) is 24.6 Å². The molecular weight excluding hydrogens is 343 g/mol. The van der Waals surface area contributed by atoms with E-state index in [1.807, 2.05) is 0 Å². The molecule has 1 atom stereocenters. The average molecular weight is 359 g/mol. The zero-order valence-electron chi connectivity index (χ0n) is 13.2. The maximum Gasteiger partial charge on any atom is 0.573 e. The number of carbonyl (C=O) groups excluding carboxylic acids is 2. The van der Waals surface area contributed by atoms with E-state index in [9.17, 15) is 22.8 Å². The summed E-state index contributed by atoms with van der Waals surface area (Å²) < 4.78 is 46.6. The molecule has 1 aliphatic carbocycles. The third-order valence-corrected chi connectivity index (χ3v) is 3.90. The molecule has 25 heavy (non-hydrogen) atoms. The highest BCUT2D eigenvalue weighted by Gasteiger charge is 2.47. The van der Waals surface area contributed by atoms with Gasteiger partial charge in [0.05, 0.1) is 7.11 Å². The minimum atomic E-state index is -4.85. The lowest BCUT2D eigenvalue weighted by molar-refractivity contribution is -0.275. The maximum atomic E-state index is 12.7. The highest BCUT2D eigenvalue weighted by molar-refractivity contribution is 5.82. The summed E-state index contributed by atoms with van der Waals surface area (Å²) in [6.07, 6.45) is -4.21. The first-order chi connectivity index (χ1) is 11.8. The summed E-state index contributed by atoms with van der Waals surface area (Å²) in [6, 6.07) is 5.02. The molecule has 7 nitrogen and oxygen atoms in total. The average Bonchev–Trinajstić information content (AvgIpc) is 3.32. The van der Waals surface area contributed by atoms with Gasteiger partial charge in [-0.1, -0.05) is 18.2 Å². The van der Waals surface area contributed by atoms with Gasteiger partial charge in [0.15, 0.2) is 0 Å². The topological polar surface area (TPSA) is 71.1 Å². The van der Waals surface area contributed by atoms with Crippen LogP contribution in [0.5, 0.6) is 5.75 Å². The van der Waals surface area contributed by atoms with Gasteiger partial charge in [-0.2, -0.15) is 0 Å². The number of amides is 2. The molecule has 0 aromatic heterocycles. The number of nitrogens with zero attached hydrogens (tertiary/aromatic N) is 2. The number of hydrazine groups is 1. The van der Waals surface area contributed by atoms with E-state index in [-0.39, 0.29) is 18.2 Å². The van der Waals surface area contributed by atoms with Gasteiger partial charge in [0, 0.05) is 11.6 Å². The van der Waals surface area contributed by atoms with Crippen LogP contribution in [0.2, 0.25) is 0 Å². The standard InChI is InChI=1S/C15H16F3N3O4/c1-24-12(22)8-20-14(23)21(9-6-7-9)13(19-20)10-4-2-3-5-11(10)25-15(16,17)18/h2-5,9,13,19H,6-8H2,1H3. The molecule has 1 aromatic rings. The molecule has 2 aliphatic rings. The molecule has 10 heteroatoms. The highest BCUT2D eigenvalue weighted by atomic mass is 19.4. The van der Waals surface area contributed by atoms with E-state index < -0.39 is 30.3 Å². The second kappa shape index (κ2) is 6.43. The van der Waals surface area contributed by atoms with Gasteiger partial charge in [0.25, 0.3) is 0 Å². The van der Waals surface area contributed by atoms with Gasteiger partial charge >= 0.3 is 18.4 Å². The fourth-order valence-corrected chi connectivity index (χ4v) is 2.68. The molecule has 1 unspecified atom stereocenters. The Morgan fingerprint density at radius 2 is 2.00 bits per heavy atom. The second-order valence-corrected chi connectivity index (χ2v) is 5.70. The fraction of sp³-hybridized carbons (Fsp3) is 0.467. The Bertz CT molecular complexity index is 678. The number of nitrogens with one attached hydrogen (secondary N) is 1. The number of rotatable bonds is 5. The molecule has 1 aromatic carbocycles. The number of benzene rings is 1. The third-order valence-electron chi connectivity index (χ3n) is 3.90. The molecule has 0 bridgehead atoms. The van der Waals surface area contributed by atoms with Gasteiger partial charge in [0.1, 0.15) is 18.5 Å². The van der Waals surface area contributed by atoms with Crippen LogP contribution >= 0.6 is 0 Å². The summed E-state index contributed by atoms with van der Waals surface area (Å²) >= 11 is 0. The molecule has 0 spiro atoms. The summed E-state index contributed by atoms with van der Waals surface area (Å²) in [5, 5.41) is 1.04. The Kier molecular flexibility index (Phi) is 4.46. The molecule has 1 aliphatic heterocycles. The van der Waals surface area contributed by atoms with E-state index in [2.05, 4.69) is 14.9 Å². The summed E-state index contributed by atoms with van der Waals surface area (Å²) in [5.41, 5.74) is 2.94. The van der Waals surface area contributed by atoms with Crippen molar-refractivity contribution in [2.24, 2.45) is 0 Å². The van der Waals surface area contributed by atoms with Crippen molar-refractivity contribution in [3.63, 3.8) is 0 Å². The first-order valence-corrected chi connectivity index (χ1v) is 7.57. The number of para-hydroxylation sites is 1. The van der Waals surface area contributed by atoms with Crippen molar-refractivity contribution in [1.82, 2.24) is 15.3 Å². The van der Waals surface area contributed by atoms with Crippen LogP contribution in [-0.2, 0) is 9.53 Å². The number of urea groups is 1. The molecule has 136 valence electrons. The van der Waals surface area contributed by atoms with E-state index in [0.29, 0.717) is 0 Å². The van der Waals surface area contributed by atoms with Gasteiger partial charge in [-0.3, -0.25) is 9.69 Å². The first kappa shape index (κ1) is 17.3.